The summed E-state index contributed by atoms with van der Waals surface area (Å²) in [4.78, 5) is 27.5. The van der Waals surface area contributed by atoms with E-state index in [1.807, 2.05) is 19.1 Å². The van der Waals surface area contributed by atoms with Crippen LogP contribution in [0.25, 0.3) is 5.76 Å². The number of nitrogens with zero attached hydrogens (tertiary/aromatic N) is 1. The molecule has 1 aliphatic heterocycles. The van der Waals surface area contributed by atoms with E-state index in [1.54, 1.807) is 44.6 Å². The van der Waals surface area contributed by atoms with E-state index >= 15 is 0 Å². The maximum atomic E-state index is 13.1. The van der Waals surface area contributed by atoms with E-state index in [0.717, 1.165) is 5.56 Å². The molecule has 1 amide bonds. The number of benzene rings is 2. The second-order valence-corrected chi connectivity index (χ2v) is 7.26. The number of hydrogen-bond donors (Lipinski definition) is 1. The number of aliphatic hydroxyl groups is 1. The minimum Gasteiger partial charge on any atom is -0.507 e. The Bertz CT molecular complexity index is 1010. The number of amides is 1. The Hall–Kier alpha value is -3.32. The molecule has 31 heavy (non-hydrogen) atoms. The Kier molecular flexibility index (Phi) is 6.97. The van der Waals surface area contributed by atoms with Crippen LogP contribution >= 0.6 is 0 Å². The molecule has 0 aromatic heterocycles. The number of methoxy groups -OCH3 is 3. The number of aliphatic hydroxyl groups excluding tert-OH is 1. The third-order valence-corrected chi connectivity index (χ3v) is 5.41. The fraction of sp³-hybridized carbons (Fsp3) is 0.333. The topological polar surface area (TPSA) is 85.3 Å². The molecule has 0 unspecified atom stereocenters. The molecule has 0 aliphatic carbocycles. The lowest BCUT2D eigenvalue weighted by molar-refractivity contribution is -0.140. The average Bonchev–Trinajstić information content (AvgIpc) is 3.03. The van der Waals surface area contributed by atoms with Crippen molar-refractivity contribution in [2.75, 3.05) is 34.5 Å². The van der Waals surface area contributed by atoms with Gasteiger partial charge < -0.3 is 24.2 Å². The van der Waals surface area contributed by atoms with E-state index in [-0.39, 0.29) is 11.3 Å². The Morgan fingerprint density at radius 2 is 1.81 bits per heavy atom. The van der Waals surface area contributed by atoms with Crippen LogP contribution in [0.15, 0.2) is 48.0 Å². The van der Waals surface area contributed by atoms with Crippen molar-refractivity contribution in [3.05, 3.63) is 64.7 Å². The molecule has 3 rings (SSSR count). The van der Waals surface area contributed by atoms with Gasteiger partial charge in [-0.05, 0) is 43.2 Å². The molecule has 0 saturated carbocycles. The standard InChI is InChI=1S/C24H27NO6/c1-15-14-16(30-3)10-11-17(15)22(26)20-21(18-8-5-6-9-19(18)31-4)25(12-7-13-29-2)24(28)23(20)27/h5-6,8-11,14,21,26H,7,12-13H2,1-4H3/b22-20+/t21-/m0/s1. The van der Waals surface area contributed by atoms with E-state index in [0.29, 0.717) is 42.2 Å². The number of likely N-dealkylation sites (tertiary alicyclic amines) is 1. The van der Waals surface area contributed by atoms with Crippen molar-refractivity contribution < 1.29 is 28.9 Å². The third kappa shape index (κ3) is 4.27. The molecule has 1 heterocycles. The third-order valence-electron chi connectivity index (χ3n) is 5.41. The van der Waals surface area contributed by atoms with E-state index < -0.39 is 17.7 Å². The lowest BCUT2D eigenvalue weighted by atomic mass is 9.93. The first kappa shape index (κ1) is 22.4. The molecule has 0 radical (unpaired) electrons. The number of carbonyl (C=O) groups excluding carboxylic acids is 2. The van der Waals surface area contributed by atoms with Crippen molar-refractivity contribution >= 4 is 17.4 Å². The Morgan fingerprint density at radius 1 is 1.06 bits per heavy atom. The highest BCUT2D eigenvalue weighted by molar-refractivity contribution is 6.46. The Morgan fingerprint density at radius 3 is 2.45 bits per heavy atom. The Balaban J connectivity index is 2.19. The van der Waals surface area contributed by atoms with Crippen molar-refractivity contribution in [1.29, 1.82) is 0 Å². The summed E-state index contributed by atoms with van der Waals surface area (Å²) in [6.07, 6.45) is 0.552. The lowest BCUT2D eigenvalue weighted by Crippen LogP contribution is -2.31. The average molecular weight is 425 g/mol. The highest BCUT2D eigenvalue weighted by atomic mass is 16.5. The van der Waals surface area contributed by atoms with Gasteiger partial charge in [-0.25, -0.2) is 0 Å². The van der Waals surface area contributed by atoms with Gasteiger partial charge in [0, 0.05) is 31.4 Å². The van der Waals surface area contributed by atoms with Crippen LogP contribution in [0.4, 0.5) is 0 Å². The maximum absolute atomic E-state index is 13.1. The normalized spacial score (nSPS) is 17.8. The molecule has 1 atom stereocenters. The molecule has 1 N–H and O–H groups in total. The van der Waals surface area contributed by atoms with E-state index in [9.17, 15) is 14.7 Å². The second kappa shape index (κ2) is 9.66. The summed E-state index contributed by atoms with van der Waals surface area (Å²) in [7, 11) is 4.67. The molecule has 1 fully saturated rings. The van der Waals surface area contributed by atoms with Gasteiger partial charge in [-0.15, -0.1) is 0 Å². The quantitative estimate of drug-likeness (QED) is 0.302. The van der Waals surface area contributed by atoms with Gasteiger partial charge in [0.2, 0.25) is 0 Å². The minimum atomic E-state index is -0.769. The van der Waals surface area contributed by atoms with Gasteiger partial charge in [0.05, 0.1) is 25.8 Å². The SMILES string of the molecule is COCCCN1C(=O)C(=O)/C(=C(/O)c2ccc(OC)cc2C)[C@@H]1c1ccccc1OC. The summed E-state index contributed by atoms with van der Waals surface area (Å²) in [5, 5.41) is 11.2. The number of hydrogen-bond acceptors (Lipinski definition) is 6. The molecule has 0 spiro atoms. The summed E-state index contributed by atoms with van der Waals surface area (Å²) in [6, 6.07) is 11.6. The smallest absolute Gasteiger partial charge is 0.295 e. The molecule has 1 saturated heterocycles. The minimum absolute atomic E-state index is 0.0418. The van der Waals surface area contributed by atoms with Crippen LogP contribution in [0.1, 0.15) is 29.2 Å². The molecular formula is C24H27NO6. The number of ether oxygens (including phenoxy) is 3. The molecule has 164 valence electrons. The largest absolute Gasteiger partial charge is 0.507 e. The molecule has 7 nitrogen and oxygen atoms in total. The first-order valence-corrected chi connectivity index (χ1v) is 9.99. The fourth-order valence-electron chi connectivity index (χ4n) is 3.88. The van der Waals surface area contributed by atoms with E-state index in [2.05, 4.69) is 0 Å². The lowest BCUT2D eigenvalue weighted by Gasteiger charge is -2.26. The summed E-state index contributed by atoms with van der Waals surface area (Å²) < 4.78 is 15.8. The van der Waals surface area contributed by atoms with Crippen LogP contribution in [0, 0.1) is 6.92 Å². The predicted molar refractivity (Wildman–Crippen MR) is 116 cm³/mol. The van der Waals surface area contributed by atoms with Crippen LogP contribution in [0.3, 0.4) is 0 Å². The maximum Gasteiger partial charge on any atom is 0.295 e. The molecule has 1 aliphatic rings. The highest BCUT2D eigenvalue weighted by Crippen LogP contribution is 2.43. The number of aryl methyl sites for hydroxylation is 1. The number of para-hydroxylation sites is 1. The van der Waals surface area contributed by atoms with E-state index in [1.165, 1.54) is 12.0 Å². The summed E-state index contributed by atoms with van der Waals surface area (Å²) in [5.74, 6) is -0.428. The van der Waals surface area contributed by atoms with Gasteiger partial charge in [-0.2, -0.15) is 0 Å². The Labute approximate surface area is 181 Å². The molecule has 2 aromatic rings. The highest BCUT2D eigenvalue weighted by Gasteiger charge is 2.46. The van der Waals surface area contributed by atoms with Crippen LogP contribution in [0.2, 0.25) is 0 Å². The number of rotatable bonds is 8. The first-order chi connectivity index (χ1) is 14.9. The molecular weight excluding hydrogens is 398 g/mol. The van der Waals surface area contributed by atoms with Gasteiger partial charge in [0.25, 0.3) is 11.7 Å². The van der Waals surface area contributed by atoms with Crippen molar-refractivity contribution in [3.8, 4) is 11.5 Å². The number of Topliss-reactive ketones (excluding diaryl/α,β-unsaturated/α-hetero) is 1. The van der Waals surface area contributed by atoms with Gasteiger partial charge in [-0.1, -0.05) is 18.2 Å². The van der Waals surface area contributed by atoms with Crippen molar-refractivity contribution in [1.82, 2.24) is 4.90 Å². The zero-order chi connectivity index (χ0) is 22.5. The monoisotopic (exact) mass is 425 g/mol. The van der Waals surface area contributed by atoms with Gasteiger partial charge in [0.15, 0.2) is 0 Å². The summed E-state index contributed by atoms with van der Waals surface area (Å²) in [5.41, 5.74) is 1.87. The van der Waals surface area contributed by atoms with E-state index in [4.69, 9.17) is 14.2 Å². The van der Waals surface area contributed by atoms with Gasteiger partial charge in [0.1, 0.15) is 17.3 Å². The molecule has 7 heteroatoms. The van der Waals surface area contributed by atoms with Crippen LogP contribution in [0.5, 0.6) is 11.5 Å². The van der Waals surface area contributed by atoms with Crippen LogP contribution < -0.4 is 9.47 Å². The number of ketones is 1. The molecule has 2 aromatic carbocycles. The van der Waals surface area contributed by atoms with Gasteiger partial charge in [-0.3, -0.25) is 9.59 Å². The molecule has 0 bridgehead atoms. The fourth-order valence-corrected chi connectivity index (χ4v) is 3.88. The van der Waals surface area contributed by atoms with Gasteiger partial charge >= 0.3 is 0 Å². The second-order valence-electron chi connectivity index (χ2n) is 7.26. The number of carbonyl (C=O) groups is 2. The van der Waals surface area contributed by atoms with Crippen LogP contribution in [-0.2, 0) is 14.3 Å². The van der Waals surface area contributed by atoms with Crippen molar-refractivity contribution in [2.45, 2.75) is 19.4 Å². The van der Waals surface area contributed by atoms with Crippen molar-refractivity contribution in [2.24, 2.45) is 0 Å². The summed E-state index contributed by atoms with van der Waals surface area (Å²) in [6.45, 7) is 2.56. The predicted octanol–water partition coefficient (Wildman–Crippen LogP) is 3.47. The summed E-state index contributed by atoms with van der Waals surface area (Å²) >= 11 is 0. The van der Waals surface area contributed by atoms with Crippen LogP contribution in [-0.4, -0.2) is 56.2 Å². The zero-order valence-electron chi connectivity index (χ0n) is 18.2. The van der Waals surface area contributed by atoms with Crippen molar-refractivity contribution in [3.63, 3.8) is 0 Å². The zero-order valence-corrected chi connectivity index (χ0v) is 18.2. The first-order valence-electron chi connectivity index (χ1n) is 9.99.